The molecule has 0 aromatic carbocycles. The largest absolute Gasteiger partial charge is 0.369 e. The molecule has 2 saturated heterocycles. The van der Waals surface area contributed by atoms with Crippen molar-refractivity contribution in [2.75, 3.05) is 44.2 Å². The minimum atomic E-state index is 1.10. The van der Waals surface area contributed by atoms with Crippen molar-refractivity contribution in [1.82, 2.24) is 14.8 Å². The lowest BCUT2D eigenvalue weighted by Crippen LogP contribution is -2.46. The molecule has 0 unspecified atom stereocenters. The van der Waals surface area contributed by atoms with E-state index in [1.54, 1.807) is 0 Å². The molecule has 4 rings (SSSR count). The molecule has 0 spiro atoms. The monoisotopic (exact) mass is 356 g/mol. The maximum Gasteiger partial charge on any atom is 0.0427 e. The van der Waals surface area contributed by atoms with Crippen LogP contribution >= 0.6 is 11.3 Å². The molecule has 2 aromatic rings. The summed E-state index contributed by atoms with van der Waals surface area (Å²) in [6.45, 7) is 11.5. The minimum Gasteiger partial charge on any atom is -0.369 e. The van der Waals surface area contributed by atoms with Gasteiger partial charge in [0.05, 0.1) is 0 Å². The molecular weight excluding hydrogens is 328 g/mol. The van der Waals surface area contributed by atoms with Gasteiger partial charge in [0.15, 0.2) is 0 Å². The van der Waals surface area contributed by atoms with E-state index < -0.39 is 0 Å². The van der Waals surface area contributed by atoms with Gasteiger partial charge in [-0.15, -0.1) is 11.3 Å². The Labute approximate surface area is 155 Å². The number of nitrogens with zero attached hydrogens (tertiary/aromatic N) is 4. The smallest absolute Gasteiger partial charge is 0.0427 e. The molecule has 2 aliphatic rings. The average Bonchev–Trinajstić information content (AvgIpc) is 3.29. The zero-order valence-corrected chi connectivity index (χ0v) is 16.0. The molecular formula is C20H28N4S. The number of aryl methyl sites for hydroxylation is 1. The van der Waals surface area contributed by atoms with Gasteiger partial charge in [0.25, 0.3) is 0 Å². The lowest BCUT2D eigenvalue weighted by molar-refractivity contribution is 0.251. The molecule has 0 atom stereocenters. The van der Waals surface area contributed by atoms with Crippen molar-refractivity contribution in [3.8, 4) is 0 Å². The molecule has 0 saturated carbocycles. The SMILES string of the molecule is Cc1cnccc1N1CCN(Cc2cc(CN3CCCC3)cs2)CC1. The Morgan fingerprint density at radius 2 is 1.76 bits per heavy atom. The lowest BCUT2D eigenvalue weighted by atomic mass is 10.2. The van der Waals surface area contributed by atoms with Gasteiger partial charge >= 0.3 is 0 Å². The number of anilines is 1. The molecule has 5 heteroatoms. The van der Waals surface area contributed by atoms with Gasteiger partial charge in [0, 0.05) is 62.2 Å². The second-order valence-corrected chi connectivity index (χ2v) is 8.33. The number of aromatic nitrogens is 1. The van der Waals surface area contributed by atoms with E-state index in [1.165, 1.54) is 47.6 Å². The summed E-state index contributed by atoms with van der Waals surface area (Å²) in [5, 5.41) is 2.37. The molecule has 4 heterocycles. The van der Waals surface area contributed by atoms with Crippen LogP contribution in [0.2, 0.25) is 0 Å². The highest BCUT2D eigenvalue weighted by molar-refractivity contribution is 7.10. The molecule has 25 heavy (non-hydrogen) atoms. The fourth-order valence-corrected chi connectivity index (χ4v) is 4.90. The average molecular weight is 357 g/mol. The summed E-state index contributed by atoms with van der Waals surface area (Å²) in [7, 11) is 0. The van der Waals surface area contributed by atoms with Crippen molar-refractivity contribution in [1.29, 1.82) is 0 Å². The predicted octanol–water partition coefficient (Wildman–Crippen LogP) is 3.37. The number of pyridine rings is 1. The molecule has 0 aliphatic carbocycles. The van der Waals surface area contributed by atoms with Gasteiger partial charge in [-0.25, -0.2) is 0 Å². The summed E-state index contributed by atoms with van der Waals surface area (Å²) in [4.78, 5) is 13.4. The van der Waals surface area contributed by atoms with Crippen LogP contribution < -0.4 is 4.90 Å². The Morgan fingerprint density at radius 3 is 2.52 bits per heavy atom. The standard InChI is InChI=1S/C20H28N4S/c1-17-13-21-5-4-20(17)24-10-8-23(9-11-24)15-19-12-18(16-25-19)14-22-6-2-3-7-22/h4-5,12-13,16H,2-3,6-11,14-15H2,1H3. The molecule has 2 fully saturated rings. The van der Waals surface area contributed by atoms with E-state index in [2.05, 4.69) is 44.1 Å². The fourth-order valence-electron chi connectivity index (χ4n) is 3.98. The van der Waals surface area contributed by atoms with Crippen molar-refractivity contribution in [3.63, 3.8) is 0 Å². The third-order valence-corrected chi connectivity index (χ3v) is 6.37. The Bertz CT molecular complexity index is 685. The van der Waals surface area contributed by atoms with E-state index in [-0.39, 0.29) is 0 Å². The molecule has 0 N–H and O–H groups in total. The first-order chi connectivity index (χ1) is 12.3. The van der Waals surface area contributed by atoms with Crippen molar-refractivity contribution in [3.05, 3.63) is 45.9 Å². The Morgan fingerprint density at radius 1 is 1.00 bits per heavy atom. The van der Waals surface area contributed by atoms with Gasteiger partial charge in [-0.05, 0) is 61.5 Å². The number of hydrogen-bond donors (Lipinski definition) is 0. The van der Waals surface area contributed by atoms with Crippen LogP contribution in [0.4, 0.5) is 5.69 Å². The third kappa shape index (κ3) is 4.22. The van der Waals surface area contributed by atoms with Crippen LogP contribution in [0.25, 0.3) is 0 Å². The van der Waals surface area contributed by atoms with E-state index >= 15 is 0 Å². The van der Waals surface area contributed by atoms with Crippen molar-refractivity contribution >= 4 is 17.0 Å². The number of hydrogen-bond acceptors (Lipinski definition) is 5. The summed E-state index contributed by atoms with van der Waals surface area (Å²) < 4.78 is 0. The number of rotatable bonds is 5. The van der Waals surface area contributed by atoms with Crippen LogP contribution in [0.5, 0.6) is 0 Å². The molecule has 0 bridgehead atoms. The van der Waals surface area contributed by atoms with Crippen LogP contribution in [0.15, 0.2) is 29.9 Å². The maximum absolute atomic E-state index is 4.21. The van der Waals surface area contributed by atoms with Crippen LogP contribution in [0, 0.1) is 6.92 Å². The van der Waals surface area contributed by atoms with E-state index in [0.717, 1.165) is 39.3 Å². The van der Waals surface area contributed by atoms with Crippen molar-refractivity contribution < 1.29 is 0 Å². The van der Waals surface area contributed by atoms with E-state index in [4.69, 9.17) is 0 Å². The Kier molecular flexibility index (Phi) is 5.34. The summed E-state index contributed by atoms with van der Waals surface area (Å²) in [6.07, 6.45) is 6.62. The molecule has 0 amide bonds. The molecule has 2 aliphatic heterocycles. The summed E-state index contributed by atoms with van der Waals surface area (Å²) in [6, 6.07) is 4.58. The zero-order chi connectivity index (χ0) is 17.1. The highest BCUT2D eigenvalue weighted by Gasteiger charge is 2.19. The van der Waals surface area contributed by atoms with Crippen molar-refractivity contribution in [2.45, 2.75) is 32.9 Å². The quantitative estimate of drug-likeness (QED) is 0.819. The van der Waals surface area contributed by atoms with Crippen LogP contribution in [0.1, 0.15) is 28.8 Å². The molecule has 134 valence electrons. The highest BCUT2D eigenvalue weighted by atomic mass is 32.1. The van der Waals surface area contributed by atoms with Gasteiger partial charge in [0.1, 0.15) is 0 Å². The Hall–Kier alpha value is -1.43. The first-order valence-electron chi connectivity index (χ1n) is 9.44. The normalized spacial score (nSPS) is 19.6. The summed E-state index contributed by atoms with van der Waals surface area (Å²) in [5.74, 6) is 0. The van der Waals surface area contributed by atoms with Crippen LogP contribution in [-0.4, -0.2) is 54.1 Å². The number of piperazine rings is 1. The highest BCUT2D eigenvalue weighted by Crippen LogP contribution is 2.23. The number of likely N-dealkylation sites (tertiary alicyclic amines) is 1. The van der Waals surface area contributed by atoms with E-state index in [1.807, 2.05) is 23.7 Å². The second kappa shape index (κ2) is 7.85. The van der Waals surface area contributed by atoms with E-state index in [9.17, 15) is 0 Å². The maximum atomic E-state index is 4.21. The van der Waals surface area contributed by atoms with Gasteiger partial charge in [-0.3, -0.25) is 14.8 Å². The second-order valence-electron chi connectivity index (χ2n) is 7.33. The van der Waals surface area contributed by atoms with Crippen LogP contribution in [-0.2, 0) is 13.1 Å². The molecule has 4 nitrogen and oxygen atoms in total. The van der Waals surface area contributed by atoms with Crippen molar-refractivity contribution in [2.24, 2.45) is 0 Å². The van der Waals surface area contributed by atoms with Crippen LogP contribution in [0.3, 0.4) is 0 Å². The lowest BCUT2D eigenvalue weighted by Gasteiger charge is -2.36. The van der Waals surface area contributed by atoms with Gasteiger partial charge in [-0.2, -0.15) is 0 Å². The predicted molar refractivity (Wildman–Crippen MR) is 105 cm³/mol. The van der Waals surface area contributed by atoms with Gasteiger partial charge in [0.2, 0.25) is 0 Å². The zero-order valence-electron chi connectivity index (χ0n) is 15.2. The number of thiophene rings is 1. The van der Waals surface area contributed by atoms with Gasteiger partial charge < -0.3 is 4.90 Å². The third-order valence-electron chi connectivity index (χ3n) is 5.40. The summed E-state index contributed by atoms with van der Waals surface area (Å²) >= 11 is 1.94. The first-order valence-corrected chi connectivity index (χ1v) is 10.3. The first kappa shape index (κ1) is 17.0. The minimum absolute atomic E-state index is 1.10. The molecule has 0 radical (unpaired) electrons. The Balaban J connectivity index is 1.28. The summed E-state index contributed by atoms with van der Waals surface area (Å²) in [5.41, 5.74) is 4.13. The molecule has 2 aromatic heterocycles. The fraction of sp³-hybridized carbons (Fsp3) is 0.550. The topological polar surface area (TPSA) is 22.6 Å². The van der Waals surface area contributed by atoms with Gasteiger partial charge in [-0.1, -0.05) is 0 Å². The van der Waals surface area contributed by atoms with E-state index in [0.29, 0.717) is 0 Å².